The lowest BCUT2D eigenvalue weighted by molar-refractivity contribution is -0.320. The van der Waals surface area contributed by atoms with E-state index in [2.05, 4.69) is 6.58 Å². The van der Waals surface area contributed by atoms with Crippen LogP contribution in [0.1, 0.15) is 68.7 Å². The van der Waals surface area contributed by atoms with Gasteiger partial charge in [-0.3, -0.25) is 14.4 Å². The van der Waals surface area contributed by atoms with Gasteiger partial charge in [0.25, 0.3) is 0 Å². The van der Waals surface area contributed by atoms with Crippen molar-refractivity contribution in [2.24, 2.45) is 28.6 Å². The van der Waals surface area contributed by atoms with E-state index in [-0.39, 0.29) is 17.5 Å². The van der Waals surface area contributed by atoms with E-state index in [0.717, 1.165) is 13.8 Å². The summed E-state index contributed by atoms with van der Waals surface area (Å²) in [7, 11) is 0. The van der Waals surface area contributed by atoms with Gasteiger partial charge in [0.15, 0.2) is 17.5 Å². The number of benzene rings is 2. The largest absolute Gasteiger partial charge is 0.458 e. The van der Waals surface area contributed by atoms with Crippen LogP contribution in [-0.4, -0.2) is 86.7 Å². The number of hydrogen-bond acceptors (Lipinski definition) is 12. The van der Waals surface area contributed by atoms with Gasteiger partial charge < -0.3 is 34.3 Å². The molecule has 50 heavy (non-hydrogen) atoms. The topological polar surface area (TPSA) is 183 Å². The number of aliphatic hydroxyl groups is 3. The minimum absolute atomic E-state index is 0.118. The summed E-state index contributed by atoms with van der Waals surface area (Å²) in [6.07, 6.45) is -6.84. The lowest BCUT2D eigenvalue weighted by Crippen LogP contribution is -2.83. The Morgan fingerprint density at radius 2 is 1.26 bits per heavy atom. The fourth-order valence-corrected chi connectivity index (χ4v) is 9.09. The number of fused-ring (bicyclic) bond motifs is 3. The van der Waals surface area contributed by atoms with Gasteiger partial charge in [-0.15, -0.1) is 6.58 Å². The van der Waals surface area contributed by atoms with Crippen LogP contribution < -0.4 is 0 Å². The molecule has 12 heteroatoms. The third-order valence-corrected chi connectivity index (χ3v) is 11.2. The first-order chi connectivity index (χ1) is 23.3. The molecule has 0 saturated heterocycles. The van der Waals surface area contributed by atoms with Crippen LogP contribution in [0, 0.1) is 28.6 Å². The predicted octanol–water partition coefficient (Wildman–Crippen LogP) is 3.21. The zero-order valence-electron chi connectivity index (χ0n) is 28.9. The molecular weight excluding hydrogens is 648 g/mol. The maximum Gasteiger partial charge on any atom is 0.338 e. The number of carbonyl (C=O) groups excluding carboxylic acids is 5. The quantitative estimate of drug-likeness (QED) is 0.219. The normalized spacial score (nSPS) is 37.3. The van der Waals surface area contributed by atoms with E-state index in [4.69, 9.17) is 18.9 Å². The highest BCUT2D eigenvalue weighted by atomic mass is 16.6. The molecule has 11 unspecified atom stereocenters. The summed E-state index contributed by atoms with van der Waals surface area (Å²) in [6, 6.07) is 15.8. The molecule has 3 fully saturated rings. The van der Waals surface area contributed by atoms with Gasteiger partial charge in [-0.25, -0.2) is 9.59 Å². The van der Waals surface area contributed by atoms with Crippen LogP contribution >= 0.6 is 0 Å². The van der Waals surface area contributed by atoms with Gasteiger partial charge in [0.05, 0.1) is 23.1 Å². The Kier molecular flexibility index (Phi) is 9.63. The Morgan fingerprint density at radius 3 is 1.74 bits per heavy atom. The SMILES string of the molecule is C=CC1C(OC(=O)c2ccccc2)C2C(O)(C(=O)C1(C)O)C(O)CC1C(C)(C)C(OC(C)=O)C(OC(C)=O)C(OC(=O)c3ccccc3)C12C. The van der Waals surface area contributed by atoms with Crippen molar-refractivity contribution in [2.45, 2.75) is 89.7 Å². The molecule has 0 heterocycles. The first kappa shape index (κ1) is 36.9. The Hall–Kier alpha value is -4.39. The Bertz CT molecular complexity index is 1670. The highest BCUT2D eigenvalue weighted by Gasteiger charge is 2.79. The van der Waals surface area contributed by atoms with Crippen LogP contribution in [0.25, 0.3) is 0 Å². The maximum atomic E-state index is 14.4. The van der Waals surface area contributed by atoms with Gasteiger partial charge in [0, 0.05) is 30.6 Å². The second-order valence-corrected chi connectivity index (χ2v) is 14.6. The summed E-state index contributed by atoms with van der Waals surface area (Å²) in [4.78, 5) is 67.4. The van der Waals surface area contributed by atoms with Crippen molar-refractivity contribution in [3.63, 3.8) is 0 Å². The van der Waals surface area contributed by atoms with Crippen molar-refractivity contribution < 1.29 is 58.2 Å². The minimum atomic E-state index is -2.79. The average molecular weight is 693 g/mol. The van der Waals surface area contributed by atoms with Crippen LogP contribution in [0.3, 0.4) is 0 Å². The van der Waals surface area contributed by atoms with Crippen LogP contribution in [0.4, 0.5) is 0 Å². The van der Waals surface area contributed by atoms with Crippen molar-refractivity contribution in [1.82, 2.24) is 0 Å². The molecule has 3 N–H and O–H groups in total. The van der Waals surface area contributed by atoms with Crippen LogP contribution in [0.5, 0.6) is 0 Å². The second-order valence-electron chi connectivity index (χ2n) is 14.6. The van der Waals surface area contributed by atoms with E-state index >= 15 is 0 Å². The summed E-state index contributed by atoms with van der Waals surface area (Å²) >= 11 is 0. The van der Waals surface area contributed by atoms with Crippen molar-refractivity contribution in [2.75, 3.05) is 0 Å². The molecule has 0 bridgehead atoms. The van der Waals surface area contributed by atoms with E-state index in [1.165, 1.54) is 37.3 Å². The molecule has 3 aliphatic rings. The molecule has 0 amide bonds. The molecule has 12 nitrogen and oxygen atoms in total. The molecule has 0 spiro atoms. The fraction of sp³-hybridized carbons (Fsp3) is 0.500. The van der Waals surface area contributed by atoms with Gasteiger partial charge in [-0.1, -0.05) is 63.2 Å². The van der Waals surface area contributed by atoms with Crippen LogP contribution in [0.2, 0.25) is 0 Å². The number of carbonyl (C=O) groups is 5. The predicted molar refractivity (Wildman–Crippen MR) is 176 cm³/mol. The Balaban J connectivity index is 1.81. The summed E-state index contributed by atoms with van der Waals surface area (Å²) in [5.41, 5.74) is -7.86. The highest BCUT2D eigenvalue weighted by molar-refractivity contribution is 5.98. The van der Waals surface area contributed by atoms with Crippen molar-refractivity contribution >= 4 is 29.7 Å². The van der Waals surface area contributed by atoms with E-state index in [0.29, 0.717) is 0 Å². The third kappa shape index (κ3) is 5.72. The minimum Gasteiger partial charge on any atom is -0.458 e. The number of hydrogen-bond donors (Lipinski definition) is 3. The first-order valence-electron chi connectivity index (χ1n) is 16.5. The molecule has 0 aliphatic heterocycles. The Morgan fingerprint density at radius 1 is 0.760 bits per heavy atom. The summed E-state index contributed by atoms with van der Waals surface area (Å²) in [6.45, 7) is 12.3. The van der Waals surface area contributed by atoms with E-state index in [1.54, 1.807) is 57.2 Å². The molecule has 3 saturated carbocycles. The number of ether oxygens (including phenoxy) is 4. The number of esters is 4. The van der Waals surface area contributed by atoms with Crippen molar-refractivity contribution in [3.8, 4) is 0 Å². The van der Waals surface area contributed by atoms with E-state index in [1.807, 2.05) is 0 Å². The van der Waals surface area contributed by atoms with Crippen LogP contribution in [0.15, 0.2) is 73.3 Å². The van der Waals surface area contributed by atoms with Gasteiger partial charge >= 0.3 is 23.9 Å². The zero-order valence-corrected chi connectivity index (χ0v) is 28.9. The lowest BCUT2D eigenvalue weighted by Gasteiger charge is -2.69. The fourth-order valence-electron chi connectivity index (χ4n) is 9.09. The molecule has 5 rings (SSSR count). The molecule has 268 valence electrons. The van der Waals surface area contributed by atoms with Crippen LogP contribution in [-0.2, 0) is 33.3 Å². The molecule has 0 radical (unpaired) electrons. The lowest BCUT2D eigenvalue weighted by atomic mass is 9.38. The number of rotatable bonds is 7. The van der Waals surface area contributed by atoms with Gasteiger partial charge in [-0.05, 0) is 43.5 Å². The summed E-state index contributed by atoms with van der Waals surface area (Å²) in [5.74, 6) is -8.26. The smallest absolute Gasteiger partial charge is 0.338 e. The maximum absolute atomic E-state index is 14.4. The van der Waals surface area contributed by atoms with E-state index < -0.39 is 100.0 Å². The summed E-state index contributed by atoms with van der Waals surface area (Å²) in [5, 5.41) is 36.2. The molecule has 0 aromatic heterocycles. The third-order valence-electron chi connectivity index (χ3n) is 11.2. The number of aliphatic hydroxyl groups excluding tert-OH is 1. The van der Waals surface area contributed by atoms with Crippen molar-refractivity contribution in [3.05, 3.63) is 84.4 Å². The average Bonchev–Trinajstić information content (AvgIpc) is 3.05. The van der Waals surface area contributed by atoms with Gasteiger partial charge in [0.1, 0.15) is 23.9 Å². The van der Waals surface area contributed by atoms with Gasteiger partial charge in [-0.2, -0.15) is 0 Å². The number of Topliss-reactive ketones (excluding diaryl/α,β-unsaturated/α-hetero) is 1. The molecule has 2 aromatic carbocycles. The molecule has 3 aliphatic carbocycles. The molecular formula is C38H44O12. The standard InChI is InChI=1S/C38H44O12/c1-8-24-27(49-32(42)22-15-11-9-12-16-22)29-36(6)25(19-26(41)38(29,46)34(44)37(24,7)45)35(4,5)30(48-21(3)40)28(47-20(2)39)31(36)50-33(43)23-17-13-10-14-18-23/h8-18,24-31,41,45-46H,1,19H2,2-7H3. The van der Waals surface area contributed by atoms with E-state index in [9.17, 15) is 39.3 Å². The molecule has 2 aromatic rings. The summed E-state index contributed by atoms with van der Waals surface area (Å²) < 4.78 is 24.1. The first-order valence-corrected chi connectivity index (χ1v) is 16.5. The number of ketones is 1. The molecule has 11 atom stereocenters. The zero-order chi connectivity index (χ0) is 37.0. The monoisotopic (exact) mass is 692 g/mol. The van der Waals surface area contributed by atoms with Gasteiger partial charge in [0.2, 0.25) is 0 Å². The van der Waals surface area contributed by atoms with Crippen molar-refractivity contribution in [1.29, 1.82) is 0 Å². The Labute approximate surface area is 290 Å². The highest BCUT2D eigenvalue weighted by Crippen LogP contribution is 2.67. The second kappa shape index (κ2) is 13.1.